The maximum Gasteiger partial charge on any atom is 0.301 e. The Morgan fingerprint density at radius 3 is 2.22 bits per heavy atom. The molecule has 1 aliphatic heterocycles. The standard InChI is InChI=1S/C29H26N2O5S/c1-16(2)17-5-7-18(8-6-17)25-24(26(32)19-9-11-20(35-3)12-10-19)27(33)28(34)31(25)29-30-22-14-13-21(36-4)15-23(22)37-29/h5-16,25,32H,1-4H3/t25-/m1/s1. The lowest BCUT2D eigenvalue weighted by molar-refractivity contribution is -0.132. The van der Waals surface area contributed by atoms with Crippen LogP contribution in [0.4, 0.5) is 5.13 Å². The minimum absolute atomic E-state index is 0.0179. The molecule has 1 aromatic heterocycles. The number of aliphatic hydroxyl groups excluding tert-OH is 1. The fourth-order valence-electron chi connectivity index (χ4n) is 4.44. The Kier molecular flexibility index (Phi) is 6.43. The molecule has 1 fully saturated rings. The van der Waals surface area contributed by atoms with E-state index in [1.807, 2.05) is 36.4 Å². The van der Waals surface area contributed by atoms with Gasteiger partial charge in [0, 0.05) is 5.56 Å². The molecule has 188 valence electrons. The molecule has 2 heterocycles. The normalized spacial score (nSPS) is 17.1. The van der Waals surface area contributed by atoms with Gasteiger partial charge in [0.1, 0.15) is 17.3 Å². The van der Waals surface area contributed by atoms with Crippen LogP contribution in [0.5, 0.6) is 11.5 Å². The van der Waals surface area contributed by atoms with Gasteiger partial charge in [-0.25, -0.2) is 4.98 Å². The summed E-state index contributed by atoms with van der Waals surface area (Å²) in [6, 6.07) is 19.1. The molecule has 8 heteroatoms. The zero-order chi connectivity index (χ0) is 26.3. The number of anilines is 1. The first-order valence-corrected chi connectivity index (χ1v) is 12.6. The zero-order valence-electron chi connectivity index (χ0n) is 20.9. The van der Waals surface area contributed by atoms with Crippen molar-refractivity contribution < 1.29 is 24.2 Å². The van der Waals surface area contributed by atoms with Crippen molar-refractivity contribution in [2.45, 2.75) is 25.8 Å². The van der Waals surface area contributed by atoms with Crippen molar-refractivity contribution in [2.75, 3.05) is 19.1 Å². The largest absolute Gasteiger partial charge is 0.507 e. The third-order valence-corrected chi connectivity index (χ3v) is 7.53. The number of hydrogen-bond donors (Lipinski definition) is 1. The summed E-state index contributed by atoms with van der Waals surface area (Å²) >= 11 is 1.29. The van der Waals surface area contributed by atoms with Gasteiger partial charge in [-0.1, -0.05) is 49.4 Å². The van der Waals surface area contributed by atoms with Gasteiger partial charge in [0.25, 0.3) is 5.78 Å². The Balaban J connectivity index is 1.69. The summed E-state index contributed by atoms with van der Waals surface area (Å²) in [6.45, 7) is 4.19. The van der Waals surface area contributed by atoms with Gasteiger partial charge >= 0.3 is 5.91 Å². The molecular weight excluding hydrogens is 488 g/mol. The van der Waals surface area contributed by atoms with E-state index in [2.05, 4.69) is 18.8 Å². The highest BCUT2D eigenvalue weighted by atomic mass is 32.1. The first kappa shape index (κ1) is 24.5. The second-order valence-corrected chi connectivity index (χ2v) is 10.1. The zero-order valence-corrected chi connectivity index (χ0v) is 21.7. The Morgan fingerprint density at radius 2 is 1.59 bits per heavy atom. The van der Waals surface area contributed by atoms with E-state index < -0.39 is 17.7 Å². The molecule has 37 heavy (non-hydrogen) atoms. The Labute approximate surface area is 218 Å². The van der Waals surface area contributed by atoms with Crippen molar-refractivity contribution >= 4 is 44.1 Å². The summed E-state index contributed by atoms with van der Waals surface area (Å²) in [6.07, 6.45) is 0. The molecule has 1 atom stereocenters. The van der Waals surface area contributed by atoms with Crippen molar-refractivity contribution in [3.05, 3.63) is 89.0 Å². The van der Waals surface area contributed by atoms with Crippen LogP contribution < -0.4 is 14.4 Å². The summed E-state index contributed by atoms with van der Waals surface area (Å²) in [4.78, 5) is 32.9. The number of benzene rings is 3. The average Bonchev–Trinajstić information content (AvgIpc) is 3.45. The van der Waals surface area contributed by atoms with Gasteiger partial charge in [0.2, 0.25) is 0 Å². The van der Waals surface area contributed by atoms with Gasteiger partial charge in [0.15, 0.2) is 5.13 Å². The number of ether oxygens (including phenoxy) is 2. The number of methoxy groups -OCH3 is 2. The monoisotopic (exact) mass is 514 g/mol. The van der Waals surface area contributed by atoms with Crippen LogP contribution in [0.25, 0.3) is 16.0 Å². The van der Waals surface area contributed by atoms with E-state index in [0.717, 1.165) is 10.3 Å². The quantitative estimate of drug-likeness (QED) is 0.191. The number of aromatic nitrogens is 1. The number of rotatable bonds is 6. The first-order valence-electron chi connectivity index (χ1n) is 11.8. The van der Waals surface area contributed by atoms with E-state index in [1.165, 1.54) is 16.2 Å². The Bertz CT molecular complexity index is 1520. The molecule has 1 amide bonds. The van der Waals surface area contributed by atoms with Gasteiger partial charge in [-0.05, 0) is 59.5 Å². The van der Waals surface area contributed by atoms with Crippen LogP contribution >= 0.6 is 11.3 Å². The molecule has 4 aromatic rings. The first-order chi connectivity index (χ1) is 17.8. The van der Waals surface area contributed by atoms with Gasteiger partial charge in [-0.2, -0.15) is 0 Å². The van der Waals surface area contributed by atoms with Crippen LogP contribution in [0.2, 0.25) is 0 Å². The molecule has 0 saturated carbocycles. The molecule has 0 bridgehead atoms. The number of fused-ring (bicyclic) bond motifs is 1. The molecule has 0 unspecified atom stereocenters. The topological polar surface area (TPSA) is 89.0 Å². The fraction of sp³-hybridized carbons (Fsp3) is 0.207. The smallest absolute Gasteiger partial charge is 0.301 e. The van der Waals surface area contributed by atoms with E-state index in [0.29, 0.717) is 39.2 Å². The minimum Gasteiger partial charge on any atom is -0.507 e. The summed E-state index contributed by atoms with van der Waals surface area (Å²) in [5.74, 6) is -0.141. The number of thiazole rings is 1. The predicted molar refractivity (Wildman–Crippen MR) is 144 cm³/mol. The van der Waals surface area contributed by atoms with E-state index >= 15 is 0 Å². The van der Waals surface area contributed by atoms with E-state index in [9.17, 15) is 14.7 Å². The lowest BCUT2D eigenvalue weighted by atomic mass is 9.93. The molecule has 0 radical (unpaired) electrons. The molecule has 0 aliphatic carbocycles. The minimum atomic E-state index is -0.842. The number of Topliss-reactive ketones (excluding diaryl/α,β-unsaturated/α-hetero) is 1. The highest BCUT2D eigenvalue weighted by Gasteiger charge is 2.48. The number of hydrogen-bond acceptors (Lipinski definition) is 7. The predicted octanol–water partition coefficient (Wildman–Crippen LogP) is 6.06. The van der Waals surface area contributed by atoms with Gasteiger partial charge < -0.3 is 14.6 Å². The summed E-state index contributed by atoms with van der Waals surface area (Å²) < 4.78 is 11.4. The van der Waals surface area contributed by atoms with Crippen LogP contribution in [0.1, 0.15) is 42.5 Å². The number of carbonyl (C=O) groups is 2. The van der Waals surface area contributed by atoms with Crippen molar-refractivity contribution in [3.8, 4) is 11.5 Å². The lowest BCUT2D eigenvalue weighted by Gasteiger charge is -2.23. The van der Waals surface area contributed by atoms with E-state index in [-0.39, 0.29) is 11.3 Å². The lowest BCUT2D eigenvalue weighted by Crippen LogP contribution is -2.29. The molecule has 5 rings (SSSR count). The Morgan fingerprint density at radius 1 is 0.946 bits per heavy atom. The second kappa shape index (κ2) is 9.71. The maximum atomic E-state index is 13.5. The van der Waals surface area contributed by atoms with Crippen LogP contribution in [0.15, 0.2) is 72.3 Å². The van der Waals surface area contributed by atoms with Crippen LogP contribution in [0, 0.1) is 0 Å². The molecule has 1 saturated heterocycles. The molecule has 1 aliphatic rings. The Hall–Kier alpha value is -4.17. The van der Waals surface area contributed by atoms with Gasteiger partial charge in [-0.3, -0.25) is 14.5 Å². The highest BCUT2D eigenvalue weighted by molar-refractivity contribution is 7.22. The number of carbonyl (C=O) groups excluding carboxylic acids is 2. The third-order valence-electron chi connectivity index (χ3n) is 6.52. The second-order valence-electron chi connectivity index (χ2n) is 9.05. The highest BCUT2D eigenvalue weighted by Crippen LogP contribution is 2.45. The molecule has 7 nitrogen and oxygen atoms in total. The number of nitrogens with zero attached hydrogens (tertiary/aromatic N) is 2. The molecular formula is C29H26N2O5S. The fourth-order valence-corrected chi connectivity index (χ4v) is 5.46. The van der Waals surface area contributed by atoms with Crippen molar-refractivity contribution in [3.63, 3.8) is 0 Å². The van der Waals surface area contributed by atoms with Gasteiger partial charge in [0.05, 0.1) is 36.1 Å². The van der Waals surface area contributed by atoms with E-state index in [1.54, 1.807) is 44.6 Å². The number of aliphatic hydroxyl groups is 1. The number of ketones is 1. The maximum absolute atomic E-state index is 13.5. The van der Waals surface area contributed by atoms with Crippen molar-refractivity contribution in [2.24, 2.45) is 0 Å². The van der Waals surface area contributed by atoms with Crippen molar-refractivity contribution in [1.82, 2.24) is 4.98 Å². The summed E-state index contributed by atoms with van der Waals surface area (Å²) in [7, 11) is 3.14. The van der Waals surface area contributed by atoms with Crippen molar-refractivity contribution in [1.29, 1.82) is 0 Å². The molecule has 3 aromatic carbocycles. The summed E-state index contributed by atoms with van der Waals surface area (Å²) in [5, 5.41) is 11.7. The average molecular weight is 515 g/mol. The number of amides is 1. The SMILES string of the molecule is COc1ccc(C(O)=C2C(=O)C(=O)N(c3nc4ccc(OC)cc4s3)[C@@H]2c2ccc(C(C)C)cc2)cc1. The molecule has 0 spiro atoms. The van der Waals surface area contributed by atoms with Crippen LogP contribution in [-0.2, 0) is 9.59 Å². The van der Waals surface area contributed by atoms with Crippen LogP contribution in [-0.4, -0.2) is 36.0 Å². The van der Waals surface area contributed by atoms with Crippen LogP contribution in [0.3, 0.4) is 0 Å². The summed E-state index contributed by atoms with van der Waals surface area (Å²) in [5.41, 5.74) is 2.95. The third kappa shape index (κ3) is 4.34. The van der Waals surface area contributed by atoms with Gasteiger partial charge in [-0.15, -0.1) is 0 Å². The molecule has 1 N–H and O–H groups in total. The van der Waals surface area contributed by atoms with E-state index in [4.69, 9.17) is 9.47 Å².